The average Bonchev–Trinajstić information content (AvgIpc) is 2.75. The van der Waals surface area contributed by atoms with Gasteiger partial charge in [-0.1, -0.05) is 115 Å². The summed E-state index contributed by atoms with van der Waals surface area (Å²) in [4.78, 5) is 0. The van der Waals surface area contributed by atoms with E-state index in [2.05, 4.69) is 72.8 Å². The van der Waals surface area contributed by atoms with Gasteiger partial charge in [-0.3, -0.25) is 0 Å². The molecule has 4 aromatic rings. The first-order chi connectivity index (χ1) is 12.8. The molecular formula is C25H22ClN. The zero-order valence-electron chi connectivity index (χ0n) is 15.0. The van der Waals surface area contributed by atoms with Crippen LogP contribution in [0.3, 0.4) is 0 Å². The van der Waals surface area contributed by atoms with Crippen molar-refractivity contribution in [1.29, 1.82) is 0 Å². The molecule has 0 aliphatic carbocycles. The van der Waals surface area contributed by atoms with E-state index in [4.69, 9.17) is 5.73 Å². The van der Waals surface area contributed by atoms with Gasteiger partial charge in [-0.25, -0.2) is 0 Å². The molecule has 0 saturated heterocycles. The van der Waals surface area contributed by atoms with E-state index in [1.807, 2.05) is 42.5 Å². The topological polar surface area (TPSA) is 26.0 Å². The molecule has 0 amide bonds. The molecule has 2 N–H and O–H groups in total. The van der Waals surface area contributed by atoms with Gasteiger partial charge in [0.05, 0.1) is 5.54 Å². The fourth-order valence-corrected chi connectivity index (χ4v) is 3.58. The quantitative estimate of drug-likeness (QED) is 0.436. The lowest BCUT2D eigenvalue weighted by Gasteiger charge is -2.33. The maximum atomic E-state index is 7.20. The largest absolute Gasteiger partial charge is 0.314 e. The molecule has 1 nitrogen and oxygen atoms in total. The molecule has 0 radical (unpaired) electrons. The molecule has 0 saturated carbocycles. The summed E-state index contributed by atoms with van der Waals surface area (Å²) in [7, 11) is 0. The third-order valence-electron chi connectivity index (χ3n) is 4.89. The first-order valence-electron chi connectivity index (χ1n) is 8.85. The van der Waals surface area contributed by atoms with Crippen molar-refractivity contribution in [3.05, 3.63) is 132 Å². The predicted molar refractivity (Wildman–Crippen MR) is 116 cm³/mol. The lowest BCUT2D eigenvalue weighted by molar-refractivity contribution is 0.654. The van der Waals surface area contributed by atoms with Crippen LogP contribution in [-0.2, 0) is 5.54 Å². The number of nitrogens with two attached hydrogens (primary N) is 1. The Labute approximate surface area is 166 Å². The van der Waals surface area contributed by atoms with Crippen LogP contribution >= 0.6 is 12.4 Å². The van der Waals surface area contributed by atoms with Gasteiger partial charge in [0.2, 0.25) is 0 Å². The highest BCUT2D eigenvalue weighted by atomic mass is 35.5. The normalized spacial score (nSPS) is 10.9. The van der Waals surface area contributed by atoms with Crippen LogP contribution in [0, 0.1) is 0 Å². The molecule has 0 spiro atoms. The van der Waals surface area contributed by atoms with E-state index >= 15 is 0 Å². The Balaban J connectivity index is 0.00000210. The smallest absolute Gasteiger partial charge is 0.0928 e. The highest BCUT2D eigenvalue weighted by Gasteiger charge is 2.33. The van der Waals surface area contributed by atoms with Crippen LogP contribution in [0.25, 0.3) is 11.1 Å². The third-order valence-corrected chi connectivity index (χ3v) is 4.89. The Bertz CT molecular complexity index is 943. The molecule has 2 heteroatoms. The number of hydrogen-bond acceptors (Lipinski definition) is 1. The molecule has 0 aliphatic heterocycles. The van der Waals surface area contributed by atoms with Crippen molar-refractivity contribution in [2.45, 2.75) is 5.54 Å². The molecule has 0 unspecified atom stereocenters. The van der Waals surface area contributed by atoms with Crippen molar-refractivity contribution in [3.8, 4) is 11.1 Å². The van der Waals surface area contributed by atoms with Crippen LogP contribution < -0.4 is 5.73 Å². The van der Waals surface area contributed by atoms with Gasteiger partial charge in [-0.2, -0.15) is 0 Å². The van der Waals surface area contributed by atoms with E-state index in [9.17, 15) is 0 Å². The van der Waals surface area contributed by atoms with Gasteiger partial charge in [0, 0.05) is 0 Å². The number of rotatable bonds is 4. The van der Waals surface area contributed by atoms with Gasteiger partial charge < -0.3 is 5.73 Å². The summed E-state index contributed by atoms with van der Waals surface area (Å²) in [5, 5.41) is 0. The monoisotopic (exact) mass is 371 g/mol. The highest BCUT2D eigenvalue weighted by Crippen LogP contribution is 2.39. The molecule has 0 fully saturated rings. The highest BCUT2D eigenvalue weighted by molar-refractivity contribution is 5.85. The minimum Gasteiger partial charge on any atom is -0.314 e. The molecule has 0 aromatic heterocycles. The molecule has 0 atom stereocenters. The summed E-state index contributed by atoms with van der Waals surface area (Å²) >= 11 is 0. The first kappa shape index (κ1) is 18.9. The lowest BCUT2D eigenvalue weighted by atomic mass is 9.75. The molecule has 0 heterocycles. The number of halogens is 1. The average molecular weight is 372 g/mol. The van der Waals surface area contributed by atoms with Crippen LogP contribution in [0.4, 0.5) is 0 Å². The van der Waals surface area contributed by atoms with Crippen molar-refractivity contribution in [2.24, 2.45) is 5.73 Å². The minimum atomic E-state index is -0.727. The van der Waals surface area contributed by atoms with Crippen molar-refractivity contribution in [2.75, 3.05) is 0 Å². The molecule has 134 valence electrons. The standard InChI is InChI=1S/C25H21N.ClH/c26-25(21-14-6-2-7-15-21,22-16-8-3-9-17-22)24-19-11-10-18-23(24)20-12-4-1-5-13-20;/h1-19H,26H2;1H. The molecule has 4 aromatic carbocycles. The Hall–Kier alpha value is -2.87. The van der Waals surface area contributed by atoms with Crippen molar-refractivity contribution in [1.82, 2.24) is 0 Å². The van der Waals surface area contributed by atoms with Crippen LogP contribution in [0.5, 0.6) is 0 Å². The first-order valence-corrected chi connectivity index (χ1v) is 8.85. The zero-order valence-corrected chi connectivity index (χ0v) is 15.8. The molecule has 0 aliphatic rings. The lowest BCUT2D eigenvalue weighted by Crippen LogP contribution is -2.39. The van der Waals surface area contributed by atoms with E-state index < -0.39 is 5.54 Å². The van der Waals surface area contributed by atoms with Gasteiger partial charge in [0.15, 0.2) is 0 Å². The van der Waals surface area contributed by atoms with Gasteiger partial charge >= 0.3 is 0 Å². The Kier molecular flexibility index (Phi) is 5.75. The zero-order chi connectivity index (χ0) is 17.8. The van der Waals surface area contributed by atoms with Gasteiger partial charge in [0.1, 0.15) is 0 Å². The maximum absolute atomic E-state index is 7.20. The van der Waals surface area contributed by atoms with E-state index in [0.29, 0.717) is 0 Å². The second-order valence-electron chi connectivity index (χ2n) is 6.45. The second-order valence-corrected chi connectivity index (χ2v) is 6.45. The summed E-state index contributed by atoms with van der Waals surface area (Å²) < 4.78 is 0. The Morgan fingerprint density at radius 2 is 0.889 bits per heavy atom. The fourth-order valence-electron chi connectivity index (χ4n) is 3.58. The molecule has 0 bridgehead atoms. The van der Waals surface area contributed by atoms with Crippen molar-refractivity contribution < 1.29 is 0 Å². The third kappa shape index (κ3) is 3.52. The predicted octanol–water partition coefficient (Wildman–Crippen LogP) is 6.03. The SMILES string of the molecule is Cl.NC(c1ccccc1)(c1ccccc1)c1ccccc1-c1ccccc1. The second kappa shape index (κ2) is 8.22. The Morgan fingerprint density at radius 1 is 0.481 bits per heavy atom. The van der Waals surface area contributed by atoms with Crippen molar-refractivity contribution >= 4 is 12.4 Å². The fraction of sp³-hybridized carbons (Fsp3) is 0.0400. The summed E-state index contributed by atoms with van der Waals surface area (Å²) in [6.45, 7) is 0. The summed E-state index contributed by atoms with van der Waals surface area (Å²) in [6, 6.07) is 39.5. The van der Waals surface area contributed by atoms with Gasteiger partial charge in [0.25, 0.3) is 0 Å². The van der Waals surface area contributed by atoms with E-state index in [-0.39, 0.29) is 12.4 Å². The molecule has 27 heavy (non-hydrogen) atoms. The molecule has 4 rings (SSSR count). The summed E-state index contributed by atoms with van der Waals surface area (Å²) in [5.41, 5.74) is 12.1. The maximum Gasteiger partial charge on any atom is 0.0928 e. The Morgan fingerprint density at radius 3 is 1.41 bits per heavy atom. The summed E-state index contributed by atoms with van der Waals surface area (Å²) in [6.07, 6.45) is 0. The minimum absolute atomic E-state index is 0. The van der Waals surface area contributed by atoms with E-state index in [0.717, 1.165) is 22.3 Å². The van der Waals surface area contributed by atoms with Crippen LogP contribution in [0.1, 0.15) is 16.7 Å². The van der Waals surface area contributed by atoms with Gasteiger partial charge in [-0.05, 0) is 27.8 Å². The van der Waals surface area contributed by atoms with Crippen LogP contribution in [0.15, 0.2) is 115 Å². The van der Waals surface area contributed by atoms with E-state index in [1.54, 1.807) is 0 Å². The van der Waals surface area contributed by atoms with Crippen LogP contribution in [0.2, 0.25) is 0 Å². The van der Waals surface area contributed by atoms with E-state index in [1.165, 1.54) is 5.56 Å². The van der Waals surface area contributed by atoms with Crippen LogP contribution in [-0.4, -0.2) is 0 Å². The number of hydrogen-bond donors (Lipinski definition) is 1. The summed E-state index contributed by atoms with van der Waals surface area (Å²) in [5.74, 6) is 0. The van der Waals surface area contributed by atoms with Crippen molar-refractivity contribution in [3.63, 3.8) is 0 Å². The molecular weight excluding hydrogens is 350 g/mol. The number of benzene rings is 4. The van der Waals surface area contributed by atoms with Gasteiger partial charge in [-0.15, -0.1) is 12.4 Å².